The van der Waals surface area contributed by atoms with Gasteiger partial charge < -0.3 is 9.90 Å². The van der Waals surface area contributed by atoms with Crippen LogP contribution in [0.5, 0.6) is 0 Å². The zero-order valence-corrected chi connectivity index (χ0v) is 7.25. The third-order valence-corrected chi connectivity index (χ3v) is 1.56. The molecule has 1 N–H and O–H groups in total. The maximum absolute atomic E-state index is 10.3. The fourth-order valence-corrected chi connectivity index (χ4v) is 0.778. The molecule has 0 saturated heterocycles. The molecule has 3 nitrogen and oxygen atoms in total. The predicted octanol–water partition coefficient (Wildman–Crippen LogP) is 1.78. The molecule has 68 valence electrons. The maximum atomic E-state index is 10.3. The number of hydrogen-bond acceptors (Lipinski definition) is 2. The minimum Gasteiger partial charge on any atom is -0.478 e. The highest BCUT2D eigenvalue weighted by Crippen LogP contribution is 2.02. The number of carboxylic acid groups (broad SMARTS) is 1. The molecule has 12 heavy (non-hydrogen) atoms. The van der Waals surface area contributed by atoms with Crippen LogP contribution in [-0.4, -0.2) is 17.4 Å². The van der Waals surface area contributed by atoms with Crippen LogP contribution in [0.2, 0.25) is 0 Å². The summed E-state index contributed by atoms with van der Waals surface area (Å²) < 4.78 is 0. The highest BCUT2D eigenvalue weighted by Gasteiger charge is 1.97. The number of aliphatic carboxylic acids is 1. The van der Waals surface area contributed by atoms with Gasteiger partial charge in [-0.2, -0.15) is 0 Å². The van der Waals surface area contributed by atoms with Gasteiger partial charge in [0.15, 0.2) is 0 Å². The van der Waals surface area contributed by atoms with Crippen molar-refractivity contribution in [2.45, 2.75) is 32.6 Å². The van der Waals surface area contributed by atoms with Crippen LogP contribution >= 0.6 is 0 Å². The summed E-state index contributed by atoms with van der Waals surface area (Å²) in [6.07, 6.45) is 5.60. The Morgan fingerprint density at radius 1 is 1.33 bits per heavy atom. The maximum Gasteiger partial charge on any atom is 0.330 e. The Morgan fingerprint density at radius 3 is 2.42 bits per heavy atom. The molecule has 0 amide bonds. The van der Waals surface area contributed by atoms with Crippen molar-refractivity contribution in [1.82, 2.24) is 0 Å². The Morgan fingerprint density at radius 2 is 1.92 bits per heavy atom. The molecule has 3 heteroatoms. The first-order valence-corrected chi connectivity index (χ1v) is 4.02. The fraction of sp³-hybridized carbons (Fsp3) is 0.556. The third-order valence-electron chi connectivity index (χ3n) is 1.56. The molecule has 0 aromatic heterocycles. The molecule has 0 aliphatic heterocycles. The van der Waals surface area contributed by atoms with Gasteiger partial charge in [0.1, 0.15) is 6.29 Å². The molecule has 0 heterocycles. The van der Waals surface area contributed by atoms with Crippen molar-refractivity contribution in [3.63, 3.8) is 0 Å². The lowest BCUT2D eigenvalue weighted by Gasteiger charge is -1.93. The average molecular weight is 170 g/mol. The van der Waals surface area contributed by atoms with Crippen LogP contribution in [0.15, 0.2) is 11.6 Å². The quantitative estimate of drug-likeness (QED) is 0.375. The van der Waals surface area contributed by atoms with Crippen LogP contribution in [0.3, 0.4) is 0 Å². The van der Waals surface area contributed by atoms with E-state index in [0.29, 0.717) is 12.0 Å². The average Bonchev–Trinajstić information content (AvgIpc) is 2.03. The Labute approximate surface area is 72.1 Å². The molecule has 0 spiro atoms. The molecule has 0 aliphatic rings. The molecule has 0 aromatic rings. The second-order valence-electron chi connectivity index (χ2n) is 2.64. The van der Waals surface area contributed by atoms with E-state index in [1.54, 1.807) is 13.0 Å². The van der Waals surface area contributed by atoms with Crippen molar-refractivity contribution in [3.05, 3.63) is 11.6 Å². The van der Waals surface area contributed by atoms with E-state index in [1.807, 2.05) is 0 Å². The van der Waals surface area contributed by atoms with Crippen LogP contribution in [0.25, 0.3) is 0 Å². The molecule has 0 aliphatic carbocycles. The highest BCUT2D eigenvalue weighted by molar-refractivity contribution is 5.85. The van der Waals surface area contributed by atoms with Gasteiger partial charge in [-0.1, -0.05) is 6.08 Å². The van der Waals surface area contributed by atoms with E-state index in [0.717, 1.165) is 25.5 Å². The predicted molar refractivity (Wildman–Crippen MR) is 45.9 cm³/mol. The highest BCUT2D eigenvalue weighted by atomic mass is 16.4. The summed E-state index contributed by atoms with van der Waals surface area (Å²) in [4.78, 5) is 20.2. The Bertz CT molecular complexity index is 182. The van der Waals surface area contributed by atoms with E-state index >= 15 is 0 Å². The lowest BCUT2D eigenvalue weighted by molar-refractivity contribution is -0.132. The summed E-state index contributed by atoms with van der Waals surface area (Å²) in [7, 11) is 0. The van der Waals surface area contributed by atoms with Crippen molar-refractivity contribution in [2.75, 3.05) is 0 Å². The van der Waals surface area contributed by atoms with Crippen molar-refractivity contribution in [3.8, 4) is 0 Å². The Hall–Kier alpha value is -1.12. The zero-order valence-electron chi connectivity index (χ0n) is 7.25. The standard InChI is InChI=1S/C9H14O3/c1-8(9(11)12)6-4-2-3-5-7-10/h6-7H,2-5H2,1H3,(H,11,12)/b8-6+. The van der Waals surface area contributed by atoms with Gasteiger partial charge in [-0.05, 0) is 26.2 Å². The summed E-state index contributed by atoms with van der Waals surface area (Å²) in [6, 6.07) is 0. The fourth-order valence-electron chi connectivity index (χ4n) is 0.778. The summed E-state index contributed by atoms with van der Waals surface area (Å²) in [5.74, 6) is -0.870. The van der Waals surface area contributed by atoms with Crippen molar-refractivity contribution in [2.24, 2.45) is 0 Å². The number of aldehydes is 1. The lowest BCUT2D eigenvalue weighted by atomic mass is 10.1. The van der Waals surface area contributed by atoms with Crippen LogP contribution in [0.1, 0.15) is 32.6 Å². The van der Waals surface area contributed by atoms with E-state index < -0.39 is 5.97 Å². The van der Waals surface area contributed by atoms with Gasteiger partial charge in [0, 0.05) is 12.0 Å². The molecular weight excluding hydrogens is 156 g/mol. The van der Waals surface area contributed by atoms with Crippen LogP contribution in [0, 0.1) is 0 Å². The largest absolute Gasteiger partial charge is 0.478 e. The second-order valence-corrected chi connectivity index (χ2v) is 2.64. The van der Waals surface area contributed by atoms with Crippen LogP contribution in [-0.2, 0) is 9.59 Å². The first-order chi connectivity index (χ1) is 5.68. The molecule has 0 fully saturated rings. The molecule has 0 rings (SSSR count). The number of unbranched alkanes of at least 4 members (excludes halogenated alkanes) is 3. The first-order valence-electron chi connectivity index (χ1n) is 4.02. The van der Waals surface area contributed by atoms with Crippen molar-refractivity contribution >= 4 is 12.3 Å². The summed E-state index contributed by atoms with van der Waals surface area (Å²) in [6.45, 7) is 1.57. The van der Waals surface area contributed by atoms with Gasteiger partial charge in [0.05, 0.1) is 0 Å². The van der Waals surface area contributed by atoms with E-state index in [-0.39, 0.29) is 0 Å². The van der Waals surface area contributed by atoms with E-state index in [4.69, 9.17) is 5.11 Å². The molecule has 0 bridgehead atoms. The number of hydrogen-bond donors (Lipinski definition) is 1. The molecule has 0 atom stereocenters. The number of carboxylic acids is 1. The lowest BCUT2D eigenvalue weighted by Crippen LogP contribution is -1.95. The number of carbonyl (C=O) groups excluding carboxylic acids is 1. The van der Waals surface area contributed by atoms with E-state index in [9.17, 15) is 9.59 Å². The monoisotopic (exact) mass is 170 g/mol. The third kappa shape index (κ3) is 5.65. The van der Waals surface area contributed by atoms with Crippen LogP contribution < -0.4 is 0 Å². The van der Waals surface area contributed by atoms with E-state index in [1.165, 1.54) is 0 Å². The molecule has 0 radical (unpaired) electrons. The molecular formula is C9H14O3. The topological polar surface area (TPSA) is 54.4 Å². The number of carbonyl (C=O) groups is 2. The van der Waals surface area contributed by atoms with Gasteiger partial charge in [-0.3, -0.25) is 0 Å². The number of allylic oxidation sites excluding steroid dienone is 1. The Kier molecular flexibility index (Phi) is 5.97. The molecule has 0 unspecified atom stereocenters. The molecule has 0 saturated carbocycles. The second kappa shape index (κ2) is 6.58. The summed E-state index contributed by atoms with van der Waals surface area (Å²) >= 11 is 0. The summed E-state index contributed by atoms with van der Waals surface area (Å²) in [5, 5.41) is 8.46. The minimum absolute atomic E-state index is 0.376. The zero-order chi connectivity index (χ0) is 9.40. The Balaban J connectivity index is 3.46. The first kappa shape index (κ1) is 10.9. The van der Waals surface area contributed by atoms with E-state index in [2.05, 4.69) is 0 Å². The van der Waals surface area contributed by atoms with Crippen LogP contribution in [0.4, 0.5) is 0 Å². The molecule has 0 aromatic carbocycles. The summed E-state index contributed by atoms with van der Waals surface area (Å²) in [5.41, 5.74) is 0.376. The van der Waals surface area contributed by atoms with Gasteiger partial charge in [0.25, 0.3) is 0 Å². The van der Waals surface area contributed by atoms with Crippen molar-refractivity contribution in [1.29, 1.82) is 0 Å². The van der Waals surface area contributed by atoms with Gasteiger partial charge in [-0.15, -0.1) is 0 Å². The number of rotatable bonds is 6. The minimum atomic E-state index is -0.870. The normalized spacial score (nSPS) is 11.2. The van der Waals surface area contributed by atoms with Gasteiger partial charge >= 0.3 is 5.97 Å². The SMILES string of the molecule is C/C(=C\CCCCC=O)C(=O)O. The van der Waals surface area contributed by atoms with Crippen molar-refractivity contribution < 1.29 is 14.7 Å². The smallest absolute Gasteiger partial charge is 0.330 e. The van der Waals surface area contributed by atoms with Gasteiger partial charge in [0.2, 0.25) is 0 Å². The van der Waals surface area contributed by atoms with Gasteiger partial charge in [-0.25, -0.2) is 4.79 Å².